The Morgan fingerprint density at radius 2 is 1.57 bits per heavy atom. The molecular formula is C15H15NO4S. The molecule has 0 radical (unpaired) electrons. The molecule has 0 spiro atoms. The van der Waals surface area contributed by atoms with Crippen molar-refractivity contribution in [3.63, 3.8) is 0 Å². The number of nitrogens with zero attached hydrogens (tertiary/aromatic N) is 1. The van der Waals surface area contributed by atoms with Gasteiger partial charge in [0.25, 0.3) is 0 Å². The lowest BCUT2D eigenvalue weighted by Gasteiger charge is -2.12. The van der Waals surface area contributed by atoms with Crippen molar-refractivity contribution in [3.05, 3.63) is 54.1 Å². The van der Waals surface area contributed by atoms with Gasteiger partial charge in [-0.15, -0.1) is 0 Å². The van der Waals surface area contributed by atoms with E-state index in [2.05, 4.69) is 0 Å². The van der Waals surface area contributed by atoms with Gasteiger partial charge in [-0.05, 0) is 35.4 Å². The Hall–Kier alpha value is -2.18. The highest BCUT2D eigenvalue weighted by Gasteiger charge is 2.17. The molecule has 110 valence electrons. The third-order valence-electron chi connectivity index (χ3n) is 3.06. The number of carboxylic acids is 1. The number of hydrogen-bond donors (Lipinski definition) is 1. The molecule has 0 atom stereocenters. The van der Waals surface area contributed by atoms with Crippen molar-refractivity contribution < 1.29 is 18.3 Å². The predicted octanol–water partition coefficient (Wildman–Crippen LogP) is 2.30. The van der Waals surface area contributed by atoms with E-state index in [1.165, 1.54) is 38.4 Å². The molecule has 5 nitrogen and oxygen atoms in total. The maximum Gasteiger partial charge on any atom is 0.335 e. The first-order valence-electron chi connectivity index (χ1n) is 6.18. The van der Waals surface area contributed by atoms with Gasteiger partial charge in [-0.25, -0.2) is 17.5 Å². The molecule has 1 N–H and O–H groups in total. The van der Waals surface area contributed by atoms with E-state index in [0.29, 0.717) is 11.1 Å². The van der Waals surface area contributed by atoms with Gasteiger partial charge in [0.1, 0.15) is 0 Å². The van der Waals surface area contributed by atoms with Crippen LogP contribution < -0.4 is 0 Å². The monoisotopic (exact) mass is 305 g/mol. The van der Waals surface area contributed by atoms with Crippen LogP contribution in [0.3, 0.4) is 0 Å². The van der Waals surface area contributed by atoms with E-state index in [1.807, 2.05) is 0 Å². The maximum absolute atomic E-state index is 12.1. The summed E-state index contributed by atoms with van der Waals surface area (Å²) in [6.45, 7) is 0. The number of carboxylic acid groups (broad SMARTS) is 1. The van der Waals surface area contributed by atoms with Crippen molar-refractivity contribution in [3.8, 4) is 11.1 Å². The van der Waals surface area contributed by atoms with E-state index in [9.17, 15) is 13.2 Å². The molecular weight excluding hydrogens is 290 g/mol. The zero-order valence-electron chi connectivity index (χ0n) is 11.6. The molecule has 0 saturated heterocycles. The molecule has 0 unspecified atom stereocenters. The number of benzene rings is 2. The normalized spacial score (nSPS) is 11.6. The average Bonchev–Trinajstić information content (AvgIpc) is 2.47. The maximum atomic E-state index is 12.1. The van der Waals surface area contributed by atoms with Gasteiger partial charge in [-0.2, -0.15) is 0 Å². The van der Waals surface area contributed by atoms with E-state index in [1.54, 1.807) is 24.3 Å². The molecule has 0 aliphatic heterocycles. The van der Waals surface area contributed by atoms with Crippen molar-refractivity contribution in [2.45, 2.75) is 4.90 Å². The van der Waals surface area contributed by atoms with Crippen LogP contribution in [-0.2, 0) is 10.0 Å². The summed E-state index contributed by atoms with van der Waals surface area (Å²) in [6.07, 6.45) is 0. The third-order valence-corrected chi connectivity index (χ3v) is 4.87. The molecule has 0 aliphatic rings. The zero-order valence-corrected chi connectivity index (χ0v) is 12.5. The van der Waals surface area contributed by atoms with Crippen LogP contribution >= 0.6 is 0 Å². The SMILES string of the molecule is CN(C)S(=O)(=O)c1cccc(-c2cccc(C(=O)O)c2)c1. The second-order valence-corrected chi connectivity index (χ2v) is 6.85. The van der Waals surface area contributed by atoms with Crippen molar-refractivity contribution in [1.29, 1.82) is 0 Å². The summed E-state index contributed by atoms with van der Waals surface area (Å²) < 4.78 is 25.4. The molecule has 2 aromatic rings. The molecule has 2 aromatic carbocycles. The first-order valence-corrected chi connectivity index (χ1v) is 7.62. The largest absolute Gasteiger partial charge is 0.478 e. The summed E-state index contributed by atoms with van der Waals surface area (Å²) in [4.78, 5) is 11.2. The van der Waals surface area contributed by atoms with E-state index < -0.39 is 16.0 Å². The highest BCUT2D eigenvalue weighted by atomic mass is 32.2. The van der Waals surface area contributed by atoms with E-state index in [-0.39, 0.29) is 10.5 Å². The topological polar surface area (TPSA) is 74.7 Å². The van der Waals surface area contributed by atoms with Crippen molar-refractivity contribution in [2.24, 2.45) is 0 Å². The second kappa shape index (κ2) is 5.67. The van der Waals surface area contributed by atoms with Crippen LogP contribution in [0.2, 0.25) is 0 Å². The van der Waals surface area contributed by atoms with Crippen molar-refractivity contribution >= 4 is 16.0 Å². The minimum atomic E-state index is -3.52. The standard InChI is InChI=1S/C15H15NO4S/c1-16(2)21(19,20)14-8-4-6-12(10-14)11-5-3-7-13(9-11)15(17)18/h3-10H,1-2H3,(H,17,18). The fraction of sp³-hybridized carbons (Fsp3) is 0.133. The van der Waals surface area contributed by atoms with Crippen LogP contribution in [-0.4, -0.2) is 37.9 Å². The number of aromatic carboxylic acids is 1. The lowest BCUT2D eigenvalue weighted by Crippen LogP contribution is -2.22. The van der Waals surface area contributed by atoms with E-state index in [0.717, 1.165) is 4.31 Å². The first-order chi connectivity index (χ1) is 9.82. The van der Waals surface area contributed by atoms with Gasteiger partial charge >= 0.3 is 5.97 Å². The predicted molar refractivity (Wildman–Crippen MR) is 79.7 cm³/mol. The van der Waals surface area contributed by atoms with Crippen molar-refractivity contribution in [2.75, 3.05) is 14.1 Å². The summed E-state index contributed by atoms with van der Waals surface area (Å²) in [6, 6.07) is 12.8. The fourth-order valence-electron chi connectivity index (χ4n) is 1.88. The van der Waals surface area contributed by atoms with Gasteiger partial charge < -0.3 is 5.11 Å². The van der Waals surface area contributed by atoms with Crippen LogP contribution in [0.5, 0.6) is 0 Å². The van der Waals surface area contributed by atoms with E-state index in [4.69, 9.17) is 5.11 Å². The molecule has 2 rings (SSSR count). The minimum absolute atomic E-state index is 0.161. The van der Waals surface area contributed by atoms with Crippen LogP contribution in [0.15, 0.2) is 53.4 Å². The summed E-state index contributed by atoms with van der Waals surface area (Å²) in [5, 5.41) is 9.01. The number of sulfonamides is 1. The lowest BCUT2D eigenvalue weighted by atomic mass is 10.0. The van der Waals surface area contributed by atoms with Crippen LogP contribution in [0, 0.1) is 0 Å². The van der Waals surface area contributed by atoms with Gasteiger partial charge in [0, 0.05) is 14.1 Å². The molecule has 6 heteroatoms. The summed E-state index contributed by atoms with van der Waals surface area (Å²) in [5.74, 6) is -1.02. The van der Waals surface area contributed by atoms with Gasteiger partial charge in [0.2, 0.25) is 10.0 Å². The van der Waals surface area contributed by atoms with Gasteiger partial charge in [0.05, 0.1) is 10.5 Å². The van der Waals surface area contributed by atoms with Gasteiger partial charge in [-0.3, -0.25) is 0 Å². The fourth-order valence-corrected chi connectivity index (χ4v) is 2.83. The zero-order chi connectivity index (χ0) is 15.6. The lowest BCUT2D eigenvalue weighted by molar-refractivity contribution is 0.0697. The Kier molecular flexibility index (Phi) is 4.11. The second-order valence-electron chi connectivity index (χ2n) is 4.70. The highest BCUT2D eigenvalue weighted by Crippen LogP contribution is 2.24. The smallest absolute Gasteiger partial charge is 0.335 e. The first kappa shape index (κ1) is 15.2. The molecule has 21 heavy (non-hydrogen) atoms. The summed E-state index contributed by atoms with van der Waals surface area (Å²) in [5.41, 5.74) is 1.47. The quantitative estimate of drug-likeness (QED) is 0.940. The van der Waals surface area contributed by atoms with Gasteiger partial charge in [-0.1, -0.05) is 24.3 Å². The van der Waals surface area contributed by atoms with Crippen LogP contribution in [0.25, 0.3) is 11.1 Å². The van der Waals surface area contributed by atoms with Gasteiger partial charge in [0.15, 0.2) is 0 Å². The molecule has 0 amide bonds. The number of rotatable bonds is 4. The molecule has 0 aliphatic carbocycles. The highest BCUT2D eigenvalue weighted by molar-refractivity contribution is 7.89. The Balaban J connectivity index is 2.52. The summed E-state index contributed by atoms with van der Waals surface area (Å²) >= 11 is 0. The number of carbonyl (C=O) groups is 1. The number of hydrogen-bond acceptors (Lipinski definition) is 3. The minimum Gasteiger partial charge on any atom is -0.478 e. The molecule has 0 fully saturated rings. The Morgan fingerprint density at radius 3 is 2.14 bits per heavy atom. The molecule has 0 heterocycles. The molecule has 0 aromatic heterocycles. The van der Waals surface area contributed by atoms with Crippen LogP contribution in [0.4, 0.5) is 0 Å². The Labute approximate surface area is 123 Å². The summed E-state index contributed by atoms with van der Waals surface area (Å²) in [7, 11) is -0.586. The van der Waals surface area contributed by atoms with Crippen molar-refractivity contribution in [1.82, 2.24) is 4.31 Å². The molecule has 0 bridgehead atoms. The third kappa shape index (κ3) is 3.12. The Bertz CT molecular complexity index is 782. The molecule has 0 saturated carbocycles. The Morgan fingerprint density at radius 1 is 1.00 bits per heavy atom. The average molecular weight is 305 g/mol. The van der Waals surface area contributed by atoms with E-state index >= 15 is 0 Å². The van der Waals surface area contributed by atoms with Crippen LogP contribution in [0.1, 0.15) is 10.4 Å².